The third-order valence-electron chi connectivity index (χ3n) is 5.82. The van der Waals surface area contributed by atoms with Crippen molar-refractivity contribution in [2.75, 3.05) is 6.54 Å². The summed E-state index contributed by atoms with van der Waals surface area (Å²) < 4.78 is 16.1. The van der Waals surface area contributed by atoms with Gasteiger partial charge in [-0.3, -0.25) is 9.59 Å². The first-order valence-corrected chi connectivity index (χ1v) is 10.5. The van der Waals surface area contributed by atoms with E-state index in [0.717, 1.165) is 21.9 Å². The maximum absolute atomic E-state index is 14.4. The molecule has 1 amide bonds. The number of para-hydroxylation sites is 1. The maximum Gasteiger partial charge on any atom is 0.243 e. The standard InChI is InChI=1S/C23H20ClFN4O2/c1-13(30)17-11-28(20-5-3-2-4-16(17)20)12-22(31)29-10-15(25)9-21(29)23-26-18-7-6-14(24)8-19(18)27-23/h2-8,11,15,21H,9-10,12H2,1H3,(H,26,27)/t15-,21+/m1/s1. The molecule has 6 nitrogen and oxygen atoms in total. The number of H-pyrrole nitrogens is 1. The Bertz CT molecular complexity index is 1330. The van der Waals surface area contributed by atoms with E-state index < -0.39 is 12.2 Å². The molecule has 2 aromatic heterocycles. The predicted octanol–water partition coefficient (Wildman–Crippen LogP) is 4.69. The molecule has 1 aliphatic rings. The Morgan fingerprint density at radius 1 is 1.26 bits per heavy atom. The molecule has 1 saturated heterocycles. The summed E-state index contributed by atoms with van der Waals surface area (Å²) in [6.45, 7) is 1.54. The number of likely N-dealkylation sites (tertiary alicyclic amines) is 1. The predicted molar refractivity (Wildman–Crippen MR) is 117 cm³/mol. The Kier molecular flexibility index (Phi) is 4.78. The Hall–Kier alpha value is -3.19. The molecule has 4 aromatic rings. The number of rotatable bonds is 4. The smallest absolute Gasteiger partial charge is 0.243 e. The molecular weight excluding hydrogens is 419 g/mol. The topological polar surface area (TPSA) is 71.0 Å². The first-order valence-electron chi connectivity index (χ1n) is 10.1. The molecule has 31 heavy (non-hydrogen) atoms. The van der Waals surface area contributed by atoms with Crippen LogP contribution in [-0.2, 0) is 11.3 Å². The van der Waals surface area contributed by atoms with E-state index in [1.165, 1.54) is 11.8 Å². The van der Waals surface area contributed by atoms with Gasteiger partial charge in [0.1, 0.15) is 18.5 Å². The fourth-order valence-electron chi connectivity index (χ4n) is 4.37. The first kappa shape index (κ1) is 19.8. The van der Waals surface area contributed by atoms with Crippen molar-refractivity contribution < 1.29 is 14.0 Å². The number of nitrogens with one attached hydrogen (secondary N) is 1. The Morgan fingerprint density at radius 3 is 2.87 bits per heavy atom. The van der Waals surface area contributed by atoms with Crippen LogP contribution in [0.25, 0.3) is 21.9 Å². The number of carbonyl (C=O) groups is 2. The van der Waals surface area contributed by atoms with Crippen LogP contribution in [0, 0.1) is 0 Å². The van der Waals surface area contributed by atoms with Gasteiger partial charge >= 0.3 is 0 Å². The average molecular weight is 439 g/mol. The van der Waals surface area contributed by atoms with Crippen molar-refractivity contribution in [2.45, 2.75) is 32.1 Å². The van der Waals surface area contributed by atoms with Gasteiger partial charge in [-0.2, -0.15) is 0 Å². The number of aromatic nitrogens is 3. The quantitative estimate of drug-likeness (QED) is 0.470. The van der Waals surface area contributed by atoms with E-state index in [1.54, 1.807) is 29.0 Å². The number of benzene rings is 2. The van der Waals surface area contributed by atoms with Gasteiger partial charge in [-0.1, -0.05) is 29.8 Å². The first-order chi connectivity index (χ1) is 14.9. The van der Waals surface area contributed by atoms with Gasteiger partial charge in [-0.05, 0) is 31.2 Å². The number of fused-ring (bicyclic) bond motifs is 2. The summed E-state index contributed by atoms with van der Waals surface area (Å²) in [7, 11) is 0. The van der Waals surface area contributed by atoms with E-state index >= 15 is 0 Å². The summed E-state index contributed by atoms with van der Waals surface area (Å²) in [6, 6.07) is 12.3. The van der Waals surface area contributed by atoms with Gasteiger partial charge in [-0.15, -0.1) is 0 Å². The number of ketones is 1. The van der Waals surface area contributed by atoms with Crippen LogP contribution in [0.4, 0.5) is 4.39 Å². The number of carbonyl (C=O) groups excluding carboxylic acids is 2. The molecule has 1 aliphatic heterocycles. The number of hydrogen-bond acceptors (Lipinski definition) is 3. The van der Waals surface area contributed by atoms with Gasteiger partial charge in [0, 0.05) is 34.1 Å². The molecule has 1 N–H and O–H groups in total. The molecule has 2 atom stereocenters. The van der Waals surface area contributed by atoms with Crippen LogP contribution in [-0.4, -0.2) is 43.8 Å². The Balaban J connectivity index is 1.46. The minimum atomic E-state index is -1.13. The fourth-order valence-corrected chi connectivity index (χ4v) is 4.55. The van der Waals surface area contributed by atoms with Crippen molar-refractivity contribution in [3.05, 3.63) is 65.1 Å². The second kappa shape index (κ2) is 7.50. The molecule has 158 valence electrons. The van der Waals surface area contributed by atoms with Crippen molar-refractivity contribution in [3.63, 3.8) is 0 Å². The summed E-state index contributed by atoms with van der Waals surface area (Å²) in [5, 5.41) is 1.38. The number of Topliss-reactive ketones (excluding diaryl/α,β-unsaturated/α-hetero) is 1. The Labute approximate surface area is 182 Å². The van der Waals surface area contributed by atoms with Crippen LogP contribution in [0.15, 0.2) is 48.7 Å². The second-order valence-corrected chi connectivity index (χ2v) is 8.36. The molecule has 0 aliphatic carbocycles. The molecule has 8 heteroatoms. The van der Waals surface area contributed by atoms with E-state index in [1.807, 2.05) is 24.3 Å². The van der Waals surface area contributed by atoms with Crippen molar-refractivity contribution in [2.24, 2.45) is 0 Å². The summed E-state index contributed by atoms with van der Waals surface area (Å²) in [5.41, 5.74) is 2.84. The lowest BCUT2D eigenvalue weighted by atomic mass is 10.1. The summed E-state index contributed by atoms with van der Waals surface area (Å²) in [4.78, 5) is 34.5. The van der Waals surface area contributed by atoms with Gasteiger partial charge in [-0.25, -0.2) is 9.37 Å². The molecule has 0 bridgehead atoms. The van der Waals surface area contributed by atoms with E-state index in [9.17, 15) is 14.0 Å². The van der Waals surface area contributed by atoms with E-state index in [4.69, 9.17) is 11.6 Å². The summed E-state index contributed by atoms with van der Waals surface area (Å²) in [6.07, 6.45) is 0.760. The van der Waals surface area contributed by atoms with Crippen LogP contribution in [0.5, 0.6) is 0 Å². The van der Waals surface area contributed by atoms with E-state index in [-0.39, 0.29) is 31.2 Å². The SMILES string of the molecule is CC(=O)c1cn(CC(=O)N2C[C@H](F)C[C@H]2c2nc3ccc(Cl)cc3[nH]2)c2ccccc12. The summed E-state index contributed by atoms with van der Waals surface area (Å²) >= 11 is 6.05. The van der Waals surface area contributed by atoms with Crippen LogP contribution in [0.3, 0.4) is 0 Å². The molecular formula is C23H20ClFN4O2. The minimum Gasteiger partial charge on any atom is -0.340 e. The number of aromatic amines is 1. The van der Waals surface area contributed by atoms with Crippen molar-refractivity contribution in [1.29, 1.82) is 0 Å². The number of hydrogen-bond donors (Lipinski definition) is 1. The highest BCUT2D eigenvalue weighted by Crippen LogP contribution is 2.34. The van der Waals surface area contributed by atoms with Gasteiger partial charge in [0.25, 0.3) is 0 Å². The molecule has 0 unspecified atom stereocenters. The molecule has 0 spiro atoms. The van der Waals surface area contributed by atoms with Crippen LogP contribution >= 0.6 is 11.6 Å². The van der Waals surface area contributed by atoms with Crippen molar-refractivity contribution in [3.8, 4) is 0 Å². The van der Waals surface area contributed by atoms with E-state index in [2.05, 4.69) is 9.97 Å². The molecule has 5 rings (SSSR count). The van der Waals surface area contributed by atoms with E-state index in [0.29, 0.717) is 16.4 Å². The fraction of sp³-hybridized carbons (Fsp3) is 0.261. The van der Waals surface area contributed by atoms with Crippen LogP contribution in [0.2, 0.25) is 5.02 Å². The highest BCUT2D eigenvalue weighted by molar-refractivity contribution is 6.31. The highest BCUT2D eigenvalue weighted by Gasteiger charge is 2.38. The summed E-state index contributed by atoms with van der Waals surface area (Å²) in [5.74, 6) is 0.262. The van der Waals surface area contributed by atoms with Crippen molar-refractivity contribution in [1.82, 2.24) is 19.4 Å². The zero-order valence-electron chi connectivity index (χ0n) is 16.8. The number of imidazole rings is 1. The lowest BCUT2D eigenvalue weighted by molar-refractivity contribution is -0.133. The lowest BCUT2D eigenvalue weighted by Gasteiger charge is -2.23. The number of alkyl halides is 1. The molecule has 0 saturated carbocycles. The number of nitrogens with zero attached hydrogens (tertiary/aromatic N) is 3. The zero-order valence-corrected chi connectivity index (χ0v) is 17.6. The monoisotopic (exact) mass is 438 g/mol. The third kappa shape index (κ3) is 3.49. The number of halogens is 2. The van der Waals surface area contributed by atoms with Crippen LogP contribution in [0.1, 0.15) is 35.6 Å². The normalized spacial score (nSPS) is 18.9. The van der Waals surface area contributed by atoms with Crippen LogP contribution < -0.4 is 0 Å². The van der Waals surface area contributed by atoms with Gasteiger partial charge in [0.2, 0.25) is 5.91 Å². The lowest BCUT2D eigenvalue weighted by Crippen LogP contribution is -2.34. The number of amides is 1. The van der Waals surface area contributed by atoms with Crippen molar-refractivity contribution >= 4 is 45.2 Å². The van der Waals surface area contributed by atoms with Gasteiger partial charge in [0.15, 0.2) is 5.78 Å². The molecule has 3 heterocycles. The minimum absolute atomic E-state index is 0.0140. The third-order valence-corrected chi connectivity index (χ3v) is 6.06. The van der Waals surface area contributed by atoms with Gasteiger partial charge in [0.05, 0.1) is 23.6 Å². The van der Waals surface area contributed by atoms with Gasteiger partial charge < -0.3 is 14.5 Å². The molecule has 2 aromatic carbocycles. The molecule has 1 fully saturated rings. The average Bonchev–Trinajstić information content (AvgIpc) is 3.42. The largest absolute Gasteiger partial charge is 0.340 e. The zero-order chi connectivity index (χ0) is 21.7. The second-order valence-electron chi connectivity index (χ2n) is 7.92. The maximum atomic E-state index is 14.4. The Morgan fingerprint density at radius 2 is 2.06 bits per heavy atom. The molecule has 0 radical (unpaired) electrons. The highest BCUT2D eigenvalue weighted by atomic mass is 35.5.